The average Bonchev–Trinajstić information content (AvgIpc) is 3.35. The number of aliphatic hydroxyl groups is 2. The van der Waals surface area contributed by atoms with E-state index < -0.39 is 18.0 Å². The summed E-state index contributed by atoms with van der Waals surface area (Å²) in [5.41, 5.74) is 0.0589. The van der Waals surface area contributed by atoms with Crippen LogP contribution in [0.5, 0.6) is 0 Å². The Kier molecular flexibility index (Phi) is 5.40. The van der Waals surface area contributed by atoms with Crippen LogP contribution < -0.4 is 5.32 Å². The Morgan fingerprint density at radius 3 is 2.86 bits per heavy atom. The van der Waals surface area contributed by atoms with Crippen molar-refractivity contribution in [2.24, 2.45) is 11.8 Å². The summed E-state index contributed by atoms with van der Waals surface area (Å²) in [4.78, 5) is 30.5. The number of nitrogens with one attached hydrogen (secondary N) is 1. The van der Waals surface area contributed by atoms with Gasteiger partial charge in [-0.2, -0.15) is 4.98 Å². The van der Waals surface area contributed by atoms with Crippen LogP contribution in [0, 0.1) is 11.8 Å². The summed E-state index contributed by atoms with van der Waals surface area (Å²) >= 11 is 1.50. The topological polar surface area (TPSA) is 149 Å². The van der Waals surface area contributed by atoms with Gasteiger partial charge >= 0.3 is 5.97 Å². The first-order chi connectivity index (χ1) is 13.8. The number of carbonyl (C=O) groups is 2. The van der Waals surface area contributed by atoms with E-state index in [2.05, 4.69) is 15.5 Å². The first kappa shape index (κ1) is 20.3. The maximum absolute atomic E-state index is 12.4. The first-order valence-corrected chi connectivity index (χ1v) is 10.5. The van der Waals surface area contributed by atoms with Crippen LogP contribution in [0.1, 0.15) is 32.0 Å². The minimum atomic E-state index is -1.11. The van der Waals surface area contributed by atoms with Crippen LogP contribution in [0.15, 0.2) is 15.1 Å². The number of aromatic nitrogens is 2. The highest BCUT2D eigenvalue weighted by molar-refractivity contribution is 8.03. The molecule has 0 bridgehead atoms. The van der Waals surface area contributed by atoms with Gasteiger partial charge in [-0.25, -0.2) is 4.79 Å². The van der Waals surface area contributed by atoms with Crippen molar-refractivity contribution >= 4 is 23.6 Å². The van der Waals surface area contributed by atoms with Crippen LogP contribution in [0.4, 0.5) is 0 Å². The summed E-state index contributed by atoms with van der Waals surface area (Å²) in [6, 6.07) is -0.177. The van der Waals surface area contributed by atoms with Crippen molar-refractivity contribution in [3.63, 3.8) is 0 Å². The zero-order chi connectivity index (χ0) is 20.9. The molecule has 0 saturated carbocycles. The summed E-state index contributed by atoms with van der Waals surface area (Å²) in [5.74, 6) is -1.40. The molecule has 158 valence electrons. The zero-order valence-corrected chi connectivity index (χ0v) is 16.9. The quantitative estimate of drug-likeness (QED) is 0.431. The molecule has 1 aromatic rings. The Bertz CT molecular complexity index is 855. The molecule has 1 aromatic heterocycles. The third-order valence-corrected chi connectivity index (χ3v) is 7.37. The van der Waals surface area contributed by atoms with E-state index >= 15 is 0 Å². The molecule has 0 aliphatic carbocycles. The molecular formula is C18H24N4O6S. The molecule has 10 nitrogen and oxygen atoms in total. The van der Waals surface area contributed by atoms with Gasteiger partial charge in [0.1, 0.15) is 12.3 Å². The third kappa shape index (κ3) is 3.45. The highest BCUT2D eigenvalue weighted by atomic mass is 32.2. The second-order valence-electron chi connectivity index (χ2n) is 7.82. The number of fused-ring (bicyclic) bond motifs is 1. The molecule has 2 saturated heterocycles. The molecular weight excluding hydrogens is 400 g/mol. The van der Waals surface area contributed by atoms with E-state index in [0.717, 1.165) is 6.42 Å². The number of β-lactam (4-membered cyclic amide) rings is 1. The average molecular weight is 424 g/mol. The Balaban J connectivity index is 1.44. The molecule has 4 heterocycles. The number of hydrogen-bond donors (Lipinski definition) is 4. The number of thioether (sulfide) groups is 1. The summed E-state index contributed by atoms with van der Waals surface area (Å²) in [6.45, 7) is 3.90. The van der Waals surface area contributed by atoms with Crippen molar-refractivity contribution in [1.82, 2.24) is 20.4 Å². The molecule has 1 amide bonds. The van der Waals surface area contributed by atoms with Gasteiger partial charge in [-0.15, -0.1) is 11.8 Å². The van der Waals surface area contributed by atoms with Crippen molar-refractivity contribution in [1.29, 1.82) is 0 Å². The molecule has 11 heteroatoms. The number of aliphatic hydroxyl groups excluding tert-OH is 2. The van der Waals surface area contributed by atoms with Crippen molar-refractivity contribution in [3.05, 3.63) is 22.3 Å². The number of hydrogen-bond acceptors (Lipinski definition) is 9. The van der Waals surface area contributed by atoms with Crippen LogP contribution in [0.25, 0.3) is 0 Å². The van der Waals surface area contributed by atoms with Gasteiger partial charge in [-0.3, -0.25) is 4.79 Å². The van der Waals surface area contributed by atoms with E-state index in [-0.39, 0.29) is 47.4 Å². The third-order valence-electron chi connectivity index (χ3n) is 5.86. The number of amides is 1. The number of rotatable bonds is 7. The standard InChI is InChI=1S/C18H24N4O6S/c1-7-14-13(8(2)24)17(25)22(14)15(18(26)27)16(7)29-10-3-9(19-5-10)4-11-20-12(6-23)28-21-11/h7-10,13-14,19,23-24H,3-6H2,1-2H3,(H,26,27)/t7-,8-,9+,10+,13?,14?/m1/s1. The number of nitrogens with zero attached hydrogens (tertiary/aromatic N) is 3. The summed E-state index contributed by atoms with van der Waals surface area (Å²) in [5, 5.41) is 36.1. The predicted molar refractivity (Wildman–Crippen MR) is 101 cm³/mol. The van der Waals surface area contributed by atoms with Gasteiger partial charge in [-0.05, 0) is 13.3 Å². The van der Waals surface area contributed by atoms with Crippen LogP contribution in [0.3, 0.4) is 0 Å². The van der Waals surface area contributed by atoms with Crippen molar-refractivity contribution in [2.75, 3.05) is 6.54 Å². The zero-order valence-electron chi connectivity index (χ0n) is 16.1. The van der Waals surface area contributed by atoms with E-state index in [0.29, 0.717) is 23.7 Å². The number of carboxylic acid groups (broad SMARTS) is 1. The minimum absolute atomic E-state index is 0.0589. The van der Waals surface area contributed by atoms with E-state index in [1.807, 2.05) is 6.92 Å². The van der Waals surface area contributed by atoms with Gasteiger partial charge in [0.05, 0.1) is 18.1 Å². The highest BCUT2D eigenvalue weighted by Gasteiger charge is 2.60. The van der Waals surface area contributed by atoms with E-state index in [1.54, 1.807) is 6.92 Å². The summed E-state index contributed by atoms with van der Waals surface area (Å²) < 4.78 is 4.91. The molecule has 3 aliphatic heterocycles. The van der Waals surface area contributed by atoms with E-state index in [9.17, 15) is 19.8 Å². The molecule has 2 unspecified atom stereocenters. The second-order valence-corrected chi connectivity index (χ2v) is 9.16. The molecule has 2 fully saturated rings. The Labute approximate surface area is 171 Å². The molecule has 0 spiro atoms. The normalized spacial score (nSPS) is 32.5. The Morgan fingerprint density at radius 2 is 2.24 bits per heavy atom. The lowest BCUT2D eigenvalue weighted by Gasteiger charge is -2.46. The summed E-state index contributed by atoms with van der Waals surface area (Å²) in [7, 11) is 0. The van der Waals surface area contributed by atoms with Crippen molar-refractivity contribution < 1.29 is 29.4 Å². The van der Waals surface area contributed by atoms with Crippen molar-refractivity contribution in [3.8, 4) is 0 Å². The van der Waals surface area contributed by atoms with Gasteiger partial charge in [0.15, 0.2) is 5.82 Å². The fourth-order valence-corrected chi connectivity index (χ4v) is 6.06. The highest BCUT2D eigenvalue weighted by Crippen LogP contribution is 2.51. The van der Waals surface area contributed by atoms with Gasteiger partial charge < -0.3 is 30.1 Å². The number of carboxylic acids is 1. The maximum Gasteiger partial charge on any atom is 0.353 e. The largest absolute Gasteiger partial charge is 0.477 e. The lowest BCUT2D eigenvalue weighted by Crippen LogP contribution is -2.63. The monoisotopic (exact) mass is 424 g/mol. The molecule has 3 aliphatic rings. The molecule has 0 radical (unpaired) electrons. The first-order valence-electron chi connectivity index (χ1n) is 9.62. The fraction of sp³-hybridized carbons (Fsp3) is 0.667. The van der Waals surface area contributed by atoms with E-state index in [4.69, 9.17) is 9.63 Å². The fourth-order valence-electron chi connectivity index (χ4n) is 4.54. The molecule has 6 atom stereocenters. The second kappa shape index (κ2) is 7.71. The molecule has 29 heavy (non-hydrogen) atoms. The lowest BCUT2D eigenvalue weighted by molar-refractivity contribution is -0.163. The summed E-state index contributed by atoms with van der Waals surface area (Å²) in [6.07, 6.45) is 0.537. The Morgan fingerprint density at radius 1 is 1.48 bits per heavy atom. The molecule has 4 rings (SSSR count). The van der Waals surface area contributed by atoms with Gasteiger partial charge in [0.25, 0.3) is 5.89 Å². The van der Waals surface area contributed by atoms with Crippen LogP contribution in [-0.2, 0) is 22.6 Å². The molecule has 4 N–H and O–H groups in total. The van der Waals surface area contributed by atoms with Crippen LogP contribution in [0.2, 0.25) is 0 Å². The van der Waals surface area contributed by atoms with E-state index in [1.165, 1.54) is 16.7 Å². The minimum Gasteiger partial charge on any atom is -0.477 e. The predicted octanol–water partition coefficient (Wildman–Crippen LogP) is -0.278. The Hall–Kier alpha value is -1.95. The molecule has 0 aromatic carbocycles. The van der Waals surface area contributed by atoms with Gasteiger partial charge in [0, 0.05) is 35.1 Å². The van der Waals surface area contributed by atoms with Gasteiger partial charge in [0.2, 0.25) is 5.91 Å². The number of carbonyl (C=O) groups excluding carboxylic acids is 1. The SMILES string of the molecule is C[C@@H](O)C1C(=O)N2C(C(=O)O)=C(S[C@@H]3CN[C@H](Cc4noc(CO)n4)C3)[C@H](C)C12. The van der Waals surface area contributed by atoms with Crippen molar-refractivity contribution in [2.45, 2.75) is 56.7 Å². The number of aliphatic carboxylic acids is 1. The van der Waals surface area contributed by atoms with Crippen LogP contribution >= 0.6 is 11.8 Å². The lowest BCUT2D eigenvalue weighted by atomic mass is 9.79. The maximum atomic E-state index is 12.4. The smallest absolute Gasteiger partial charge is 0.353 e. The van der Waals surface area contributed by atoms with Gasteiger partial charge in [-0.1, -0.05) is 12.1 Å². The van der Waals surface area contributed by atoms with Crippen LogP contribution in [-0.4, -0.2) is 72.2 Å².